The Morgan fingerprint density at radius 2 is 1.80 bits per heavy atom. The van der Waals surface area contributed by atoms with E-state index in [1.54, 1.807) is 0 Å². The largest absolute Gasteiger partial charge is 0.378 e. The Hall–Kier alpha value is -0.980. The Morgan fingerprint density at radius 3 is 2.27 bits per heavy atom. The minimum absolute atomic E-state index is 1.06. The van der Waals surface area contributed by atoms with Crippen LogP contribution in [0, 0.1) is 0 Å². The Labute approximate surface area is 95.2 Å². The van der Waals surface area contributed by atoms with Crippen molar-refractivity contribution in [2.45, 2.75) is 40.5 Å². The molecule has 0 saturated heterocycles. The van der Waals surface area contributed by atoms with Gasteiger partial charge in [-0.25, -0.2) is 0 Å². The van der Waals surface area contributed by atoms with Crippen molar-refractivity contribution < 1.29 is 0 Å². The molecule has 0 fully saturated rings. The fourth-order valence-electron chi connectivity index (χ4n) is 1.27. The summed E-state index contributed by atoms with van der Waals surface area (Å²) in [6.45, 7) is 14.8. The second-order valence-corrected chi connectivity index (χ2v) is 4.02. The van der Waals surface area contributed by atoms with Gasteiger partial charge in [-0.2, -0.15) is 0 Å². The molecule has 0 aliphatic rings. The number of nitrogens with zero attached hydrogens (tertiary/aromatic N) is 1. The molecule has 0 amide bonds. The van der Waals surface area contributed by atoms with Crippen LogP contribution < -0.4 is 0 Å². The highest BCUT2D eigenvalue weighted by Crippen LogP contribution is 2.07. The van der Waals surface area contributed by atoms with E-state index < -0.39 is 0 Å². The van der Waals surface area contributed by atoms with Crippen molar-refractivity contribution in [3.63, 3.8) is 0 Å². The van der Waals surface area contributed by atoms with Crippen molar-refractivity contribution in [2.24, 2.45) is 0 Å². The lowest BCUT2D eigenvalue weighted by atomic mass is 10.1. The van der Waals surface area contributed by atoms with Gasteiger partial charge in [0.05, 0.1) is 0 Å². The molecule has 0 radical (unpaired) electrons. The molecule has 0 atom stereocenters. The summed E-state index contributed by atoms with van der Waals surface area (Å²) >= 11 is 0. The highest BCUT2D eigenvalue weighted by Gasteiger charge is 1.91. The average molecular weight is 207 g/mol. The molecular weight excluding hydrogens is 182 g/mol. The molecular formula is C14H25N. The van der Waals surface area contributed by atoms with Crippen LogP contribution in [0.15, 0.2) is 36.1 Å². The van der Waals surface area contributed by atoms with Crippen LogP contribution in [0.25, 0.3) is 0 Å². The Bertz CT molecular complexity index is 228. The first-order valence-electron chi connectivity index (χ1n) is 5.83. The number of hydrogen-bond acceptors (Lipinski definition) is 1. The number of rotatable bonds is 7. The van der Waals surface area contributed by atoms with Crippen LogP contribution in [0.2, 0.25) is 0 Å². The summed E-state index contributed by atoms with van der Waals surface area (Å²) in [4.78, 5) is 2.27. The minimum Gasteiger partial charge on any atom is -0.378 e. The minimum atomic E-state index is 1.06. The zero-order valence-corrected chi connectivity index (χ0v) is 10.7. The van der Waals surface area contributed by atoms with Gasteiger partial charge in [-0.1, -0.05) is 23.8 Å². The van der Waals surface area contributed by atoms with Crippen LogP contribution >= 0.6 is 0 Å². The quantitative estimate of drug-likeness (QED) is 0.448. The van der Waals surface area contributed by atoms with E-state index in [9.17, 15) is 0 Å². The first-order chi connectivity index (χ1) is 7.10. The van der Waals surface area contributed by atoms with Gasteiger partial charge in [0.1, 0.15) is 0 Å². The lowest BCUT2D eigenvalue weighted by molar-refractivity contribution is 0.418. The predicted molar refractivity (Wildman–Crippen MR) is 69.9 cm³/mol. The smallest absolute Gasteiger partial charge is 0.0143 e. The van der Waals surface area contributed by atoms with Crippen molar-refractivity contribution in [3.05, 3.63) is 36.1 Å². The van der Waals surface area contributed by atoms with Crippen molar-refractivity contribution in [3.8, 4) is 0 Å². The van der Waals surface area contributed by atoms with Gasteiger partial charge in [-0.05, 0) is 52.8 Å². The van der Waals surface area contributed by atoms with E-state index in [0.717, 1.165) is 25.9 Å². The van der Waals surface area contributed by atoms with E-state index in [2.05, 4.69) is 57.5 Å². The molecule has 0 bridgehead atoms. The first kappa shape index (κ1) is 14.0. The molecule has 0 unspecified atom stereocenters. The number of hydrogen-bond donors (Lipinski definition) is 0. The van der Waals surface area contributed by atoms with Crippen molar-refractivity contribution in [1.82, 2.24) is 4.90 Å². The molecule has 1 nitrogen and oxygen atoms in total. The fourth-order valence-corrected chi connectivity index (χ4v) is 1.27. The SMILES string of the molecule is C=C(C=CN(CC)CC)CCC=C(C)C. The summed E-state index contributed by atoms with van der Waals surface area (Å²) in [6, 6.07) is 0. The molecule has 15 heavy (non-hydrogen) atoms. The van der Waals surface area contributed by atoms with Crippen LogP contribution in [0.1, 0.15) is 40.5 Å². The molecule has 0 aliphatic carbocycles. The Morgan fingerprint density at radius 1 is 1.20 bits per heavy atom. The van der Waals surface area contributed by atoms with Gasteiger partial charge < -0.3 is 4.90 Å². The maximum Gasteiger partial charge on any atom is 0.0143 e. The number of allylic oxidation sites excluding steroid dienone is 4. The lowest BCUT2D eigenvalue weighted by Gasteiger charge is -2.14. The summed E-state index contributed by atoms with van der Waals surface area (Å²) in [5.74, 6) is 0. The zero-order chi connectivity index (χ0) is 11.7. The van der Waals surface area contributed by atoms with Gasteiger partial charge in [-0.3, -0.25) is 0 Å². The standard InChI is InChI=1S/C14H25N/c1-6-15(7-2)12-11-14(5)10-8-9-13(3)4/h9,11-12H,5-8,10H2,1-4H3. The molecule has 86 valence electrons. The fraction of sp³-hybridized carbons (Fsp3) is 0.571. The second-order valence-electron chi connectivity index (χ2n) is 4.02. The normalized spacial score (nSPS) is 10.4. The molecule has 0 aliphatic heterocycles. The molecule has 0 N–H and O–H groups in total. The predicted octanol–water partition coefficient (Wildman–Crippen LogP) is 4.14. The molecule has 0 aromatic carbocycles. The van der Waals surface area contributed by atoms with Crippen molar-refractivity contribution in [1.29, 1.82) is 0 Å². The average Bonchev–Trinajstić information content (AvgIpc) is 2.18. The summed E-state index contributed by atoms with van der Waals surface area (Å²) in [5, 5.41) is 0. The van der Waals surface area contributed by atoms with E-state index in [4.69, 9.17) is 0 Å². The zero-order valence-electron chi connectivity index (χ0n) is 10.7. The van der Waals surface area contributed by atoms with E-state index in [1.807, 2.05) is 0 Å². The van der Waals surface area contributed by atoms with Gasteiger partial charge in [0.2, 0.25) is 0 Å². The highest BCUT2D eigenvalue weighted by atomic mass is 15.1. The molecule has 0 heterocycles. The molecule has 0 spiro atoms. The maximum atomic E-state index is 4.05. The van der Waals surface area contributed by atoms with Gasteiger partial charge in [0, 0.05) is 13.1 Å². The second kappa shape index (κ2) is 8.34. The topological polar surface area (TPSA) is 3.24 Å². The van der Waals surface area contributed by atoms with Crippen molar-refractivity contribution >= 4 is 0 Å². The summed E-state index contributed by atoms with van der Waals surface area (Å²) in [5.41, 5.74) is 2.59. The molecule has 0 rings (SSSR count). The van der Waals surface area contributed by atoms with E-state index in [0.29, 0.717) is 0 Å². The van der Waals surface area contributed by atoms with Crippen LogP contribution in [0.4, 0.5) is 0 Å². The molecule has 0 aromatic rings. The Kier molecular flexibility index (Phi) is 7.79. The van der Waals surface area contributed by atoms with Gasteiger partial charge in [-0.15, -0.1) is 0 Å². The van der Waals surface area contributed by atoms with E-state index in [1.165, 1.54) is 11.1 Å². The maximum absolute atomic E-state index is 4.05. The monoisotopic (exact) mass is 207 g/mol. The van der Waals surface area contributed by atoms with Crippen molar-refractivity contribution in [2.75, 3.05) is 13.1 Å². The molecule has 0 aromatic heterocycles. The van der Waals surface area contributed by atoms with Crippen LogP contribution in [-0.4, -0.2) is 18.0 Å². The third-order valence-electron chi connectivity index (χ3n) is 2.35. The lowest BCUT2D eigenvalue weighted by Crippen LogP contribution is -2.15. The van der Waals surface area contributed by atoms with E-state index >= 15 is 0 Å². The van der Waals surface area contributed by atoms with Crippen LogP contribution in [-0.2, 0) is 0 Å². The van der Waals surface area contributed by atoms with Gasteiger partial charge >= 0.3 is 0 Å². The van der Waals surface area contributed by atoms with Crippen LogP contribution in [0.5, 0.6) is 0 Å². The third kappa shape index (κ3) is 8.04. The van der Waals surface area contributed by atoms with Crippen LogP contribution in [0.3, 0.4) is 0 Å². The first-order valence-corrected chi connectivity index (χ1v) is 5.83. The summed E-state index contributed by atoms with van der Waals surface area (Å²) in [6.07, 6.45) is 8.69. The highest BCUT2D eigenvalue weighted by molar-refractivity contribution is 5.14. The summed E-state index contributed by atoms with van der Waals surface area (Å²) in [7, 11) is 0. The molecule has 1 heteroatoms. The third-order valence-corrected chi connectivity index (χ3v) is 2.35. The van der Waals surface area contributed by atoms with Gasteiger partial charge in [0.25, 0.3) is 0 Å². The van der Waals surface area contributed by atoms with E-state index in [-0.39, 0.29) is 0 Å². The Balaban J connectivity index is 3.87. The summed E-state index contributed by atoms with van der Waals surface area (Å²) < 4.78 is 0. The molecule has 0 saturated carbocycles. The van der Waals surface area contributed by atoms with Gasteiger partial charge in [0.15, 0.2) is 0 Å².